The molecular formula is C20H29N5O2. The third-order valence-electron chi connectivity index (χ3n) is 4.76. The van der Waals surface area contributed by atoms with Crippen LogP contribution in [-0.4, -0.2) is 72.7 Å². The SMILES string of the molecule is CCNC(=NCCc1c[nH]c2ccccc12)N1CCN(C(=O)OCC)CC1. The van der Waals surface area contributed by atoms with Gasteiger partial charge in [-0.3, -0.25) is 4.99 Å². The summed E-state index contributed by atoms with van der Waals surface area (Å²) in [4.78, 5) is 23.9. The molecule has 1 saturated heterocycles. The highest BCUT2D eigenvalue weighted by molar-refractivity contribution is 5.83. The van der Waals surface area contributed by atoms with E-state index in [-0.39, 0.29) is 6.09 Å². The fourth-order valence-electron chi connectivity index (χ4n) is 3.36. The number of nitrogens with one attached hydrogen (secondary N) is 2. The maximum absolute atomic E-state index is 11.8. The lowest BCUT2D eigenvalue weighted by atomic mass is 10.1. The number of aliphatic imine (C=N–C) groups is 1. The molecule has 0 unspecified atom stereocenters. The number of amides is 1. The van der Waals surface area contributed by atoms with Gasteiger partial charge in [0, 0.05) is 56.4 Å². The molecular weight excluding hydrogens is 342 g/mol. The molecule has 2 N–H and O–H groups in total. The van der Waals surface area contributed by atoms with Gasteiger partial charge in [0.1, 0.15) is 0 Å². The number of piperazine rings is 1. The van der Waals surface area contributed by atoms with Crippen molar-refractivity contribution in [3.8, 4) is 0 Å². The van der Waals surface area contributed by atoms with Gasteiger partial charge in [-0.2, -0.15) is 0 Å². The first-order valence-electron chi connectivity index (χ1n) is 9.72. The summed E-state index contributed by atoms with van der Waals surface area (Å²) in [7, 11) is 0. The van der Waals surface area contributed by atoms with Crippen LogP contribution < -0.4 is 5.32 Å². The van der Waals surface area contributed by atoms with E-state index in [4.69, 9.17) is 9.73 Å². The van der Waals surface area contributed by atoms with Gasteiger partial charge in [0.25, 0.3) is 0 Å². The van der Waals surface area contributed by atoms with Gasteiger partial charge in [-0.05, 0) is 31.9 Å². The van der Waals surface area contributed by atoms with Crippen LogP contribution in [0.25, 0.3) is 10.9 Å². The molecule has 1 aromatic carbocycles. The minimum Gasteiger partial charge on any atom is -0.450 e. The van der Waals surface area contributed by atoms with Gasteiger partial charge in [-0.1, -0.05) is 18.2 Å². The Hall–Kier alpha value is -2.70. The number of para-hydroxylation sites is 1. The van der Waals surface area contributed by atoms with E-state index in [0.717, 1.165) is 38.6 Å². The molecule has 146 valence electrons. The van der Waals surface area contributed by atoms with E-state index in [2.05, 4.69) is 46.5 Å². The van der Waals surface area contributed by atoms with Gasteiger partial charge in [0.05, 0.1) is 6.61 Å². The molecule has 0 atom stereocenters. The molecule has 1 aliphatic rings. The van der Waals surface area contributed by atoms with Crippen LogP contribution in [-0.2, 0) is 11.2 Å². The summed E-state index contributed by atoms with van der Waals surface area (Å²) in [5.74, 6) is 0.917. The van der Waals surface area contributed by atoms with Crippen LogP contribution in [0.5, 0.6) is 0 Å². The second-order valence-electron chi connectivity index (χ2n) is 6.52. The highest BCUT2D eigenvalue weighted by Crippen LogP contribution is 2.18. The lowest BCUT2D eigenvalue weighted by Crippen LogP contribution is -2.54. The number of guanidine groups is 1. The number of H-pyrrole nitrogens is 1. The van der Waals surface area contributed by atoms with E-state index in [1.165, 1.54) is 16.5 Å². The number of hydrogen-bond donors (Lipinski definition) is 2. The average molecular weight is 371 g/mol. The van der Waals surface area contributed by atoms with Crippen molar-refractivity contribution in [1.29, 1.82) is 0 Å². The fourth-order valence-corrected chi connectivity index (χ4v) is 3.36. The predicted octanol–water partition coefficient (Wildman–Crippen LogP) is 2.45. The van der Waals surface area contributed by atoms with Crippen molar-refractivity contribution < 1.29 is 9.53 Å². The lowest BCUT2D eigenvalue weighted by molar-refractivity contribution is 0.0914. The summed E-state index contributed by atoms with van der Waals surface area (Å²) in [6.45, 7) is 8.71. The Balaban J connectivity index is 1.58. The van der Waals surface area contributed by atoms with Crippen molar-refractivity contribution >= 4 is 23.0 Å². The first-order chi connectivity index (χ1) is 13.2. The van der Waals surface area contributed by atoms with Gasteiger partial charge in [0.15, 0.2) is 5.96 Å². The van der Waals surface area contributed by atoms with E-state index in [0.29, 0.717) is 19.7 Å². The Morgan fingerprint density at radius 2 is 1.93 bits per heavy atom. The van der Waals surface area contributed by atoms with Crippen molar-refractivity contribution in [3.63, 3.8) is 0 Å². The van der Waals surface area contributed by atoms with Gasteiger partial charge in [0.2, 0.25) is 0 Å². The molecule has 2 aromatic rings. The van der Waals surface area contributed by atoms with Crippen LogP contribution in [0.1, 0.15) is 19.4 Å². The van der Waals surface area contributed by atoms with E-state index in [1.54, 1.807) is 4.90 Å². The molecule has 1 aliphatic heterocycles. The average Bonchev–Trinajstić information content (AvgIpc) is 3.11. The molecule has 0 radical (unpaired) electrons. The normalized spacial score (nSPS) is 15.3. The summed E-state index contributed by atoms with van der Waals surface area (Å²) < 4.78 is 5.09. The topological polar surface area (TPSA) is 73.0 Å². The number of hydrogen-bond acceptors (Lipinski definition) is 3. The van der Waals surface area contributed by atoms with Crippen LogP contribution in [0.2, 0.25) is 0 Å². The Morgan fingerprint density at radius 3 is 2.67 bits per heavy atom. The second kappa shape index (κ2) is 9.30. The van der Waals surface area contributed by atoms with Crippen molar-refractivity contribution in [1.82, 2.24) is 20.1 Å². The summed E-state index contributed by atoms with van der Waals surface area (Å²) in [5, 5.41) is 4.64. The zero-order valence-electron chi connectivity index (χ0n) is 16.2. The molecule has 7 nitrogen and oxygen atoms in total. The third-order valence-corrected chi connectivity index (χ3v) is 4.76. The minimum atomic E-state index is -0.224. The molecule has 0 spiro atoms. The summed E-state index contributed by atoms with van der Waals surface area (Å²) >= 11 is 0. The van der Waals surface area contributed by atoms with Crippen LogP contribution in [0, 0.1) is 0 Å². The minimum absolute atomic E-state index is 0.224. The monoisotopic (exact) mass is 371 g/mol. The number of rotatable bonds is 5. The summed E-state index contributed by atoms with van der Waals surface area (Å²) in [6, 6.07) is 8.34. The van der Waals surface area contributed by atoms with Crippen molar-refractivity contribution in [2.24, 2.45) is 4.99 Å². The third kappa shape index (κ3) is 4.72. The Bertz CT molecular complexity index is 778. The smallest absolute Gasteiger partial charge is 0.409 e. The van der Waals surface area contributed by atoms with Crippen LogP contribution >= 0.6 is 0 Å². The van der Waals surface area contributed by atoms with Crippen molar-refractivity contribution in [3.05, 3.63) is 36.0 Å². The van der Waals surface area contributed by atoms with Crippen LogP contribution in [0.15, 0.2) is 35.5 Å². The number of aromatic nitrogens is 1. The number of benzene rings is 1. The Kier molecular flexibility index (Phi) is 6.57. The molecule has 1 aromatic heterocycles. The quantitative estimate of drug-likeness (QED) is 0.625. The number of carbonyl (C=O) groups is 1. The van der Waals surface area contributed by atoms with Crippen LogP contribution in [0.4, 0.5) is 4.79 Å². The Labute approximate surface area is 160 Å². The number of fused-ring (bicyclic) bond motifs is 1. The standard InChI is InChI=1S/C20H29N5O2/c1-3-21-19(24-11-13-25(14-12-24)20(26)27-4-2)22-10-9-16-15-23-18-8-6-5-7-17(16)18/h5-8,15,23H,3-4,9-14H2,1-2H3,(H,21,22). The zero-order chi connectivity index (χ0) is 19.1. The van der Waals surface area contributed by atoms with Crippen molar-refractivity contribution in [2.45, 2.75) is 20.3 Å². The first kappa shape index (κ1) is 19.1. The maximum Gasteiger partial charge on any atom is 0.409 e. The number of carbonyl (C=O) groups excluding carboxylic acids is 1. The molecule has 1 fully saturated rings. The molecule has 3 rings (SSSR count). The Morgan fingerprint density at radius 1 is 1.19 bits per heavy atom. The maximum atomic E-state index is 11.8. The highest BCUT2D eigenvalue weighted by atomic mass is 16.6. The zero-order valence-corrected chi connectivity index (χ0v) is 16.2. The van der Waals surface area contributed by atoms with E-state index >= 15 is 0 Å². The molecule has 0 saturated carbocycles. The molecule has 0 aliphatic carbocycles. The van der Waals surface area contributed by atoms with Gasteiger partial charge in [-0.15, -0.1) is 0 Å². The molecule has 7 heteroatoms. The van der Waals surface area contributed by atoms with Gasteiger partial charge >= 0.3 is 6.09 Å². The van der Waals surface area contributed by atoms with Gasteiger partial charge < -0.3 is 24.8 Å². The lowest BCUT2D eigenvalue weighted by Gasteiger charge is -2.35. The number of nitrogens with zero attached hydrogens (tertiary/aromatic N) is 3. The molecule has 2 heterocycles. The van der Waals surface area contributed by atoms with E-state index < -0.39 is 0 Å². The first-order valence-corrected chi connectivity index (χ1v) is 9.72. The van der Waals surface area contributed by atoms with Gasteiger partial charge in [-0.25, -0.2) is 4.79 Å². The predicted molar refractivity (Wildman–Crippen MR) is 108 cm³/mol. The van der Waals surface area contributed by atoms with E-state index in [1.807, 2.05) is 13.0 Å². The van der Waals surface area contributed by atoms with E-state index in [9.17, 15) is 4.79 Å². The number of ether oxygens (including phenoxy) is 1. The largest absolute Gasteiger partial charge is 0.450 e. The summed E-state index contributed by atoms with van der Waals surface area (Å²) in [5.41, 5.74) is 2.45. The fraction of sp³-hybridized carbons (Fsp3) is 0.500. The molecule has 0 bridgehead atoms. The second-order valence-corrected chi connectivity index (χ2v) is 6.52. The molecule has 1 amide bonds. The highest BCUT2D eigenvalue weighted by Gasteiger charge is 2.23. The number of aromatic amines is 1. The molecule has 27 heavy (non-hydrogen) atoms. The van der Waals surface area contributed by atoms with Crippen molar-refractivity contribution in [2.75, 3.05) is 45.9 Å². The van der Waals surface area contributed by atoms with Crippen LogP contribution in [0.3, 0.4) is 0 Å². The summed E-state index contributed by atoms with van der Waals surface area (Å²) in [6.07, 6.45) is 2.74.